The van der Waals surface area contributed by atoms with Crippen molar-refractivity contribution in [2.45, 2.75) is 24.4 Å². The second-order valence-electron chi connectivity index (χ2n) is 8.10. The van der Waals surface area contributed by atoms with Crippen LogP contribution in [0.5, 0.6) is 0 Å². The Morgan fingerprint density at radius 3 is 2.17 bits per heavy atom. The summed E-state index contributed by atoms with van der Waals surface area (Å²) in [6.07, 6.45) is 0. The summed E-state index contributed by atoms with van der Waals surface area (Å²) in [7, 11) is -2.99. The third-order valence-corrected chi connectivity index (χ3v) is 7.93. The lowest BCUT2D eigenvalue weighted by Crippen LogP contribution is -2.30. The summed E-state index contributed by atoms with van der Waals surface area (Å²) in [5.41, 5.74) is 2.24. The van der Waals surface area contributed by atoms with E-state index in [9.17, 15) is 23.1 Å². The second kappa shape index (κ2) is 9.56. The summed E-state index contributed by atoms with van der Waals surface area (Å²) >= 11 is 5.97. The summed E-state index contributed by atoms with van der Waals surface area (Å²) in [6, 6.07) is 17.9. The second-order valence-corrected chi connectivity index (χ2v) is 10.5. The molecule has 0 spiro atoms. The Morgan fingerprint density at radius 1 is 1.00 bits per heavy atom. The molecule has 3 aromatic rings. The van der Waals surface area contributed by atoms with Crippen molar-refractivity contribution in [2.24, 2.45) is 0 Å². The van der Waals surface area contributed by atoms with Crippen LogP contribution in [0.3, 0.4) is 0 Å². The molecule has 1 N–H and O–H groups in total. The predicted molar refractivity (Wildman–Crippen MR) is 131 cm³/mol. The predicted octanol–water partition coefficient (Wildman–Crippen LogP) is 4.76. The molecule has 0 saturated carbocycles. The number of esters is 1. The quantitative estimate of drug-likeness (QED) is 0.479. The van der Waals surface area contributed by atoms with Crippen LogP contribution < -0.4 is 0 Å². The first-order valence-electron chi connectivity index (χ1n) is 10.6. The average Bonchev–Trinajstić information content (AvgIpc) is 3.10. The van der Waals surface area contributed by atoms with Gasteiger partial charge in [0.25, 0.3) is 5.91 Å². The third-order valence-electron chi connectivity index (χ3n) is 5.79. The molecule has 9 heteroatoms. The number of carbonyl (C=O) groups is 2. The van der Waals surface area contributed by atoms with Gasteiger partial charge in [-0.3, -0.25) is 4.79 Å². The molecular formula is C26H22ClNO6S. The van der Waals surface area contributed by atoms with E-state index in [1.807, 2.05) is 6.92 Å². The lowest BCUT2D eigenvalue weighted by atomic mass is 10.0. The number of halogens is 1. The fourth-order valence-electron chi connectivity index (χ4n) is 3.95. The van der Waals surface area contributed by atoms with Gasteiger partial charge in [-0.1, -0.05) is 53.6 Å². The molecule has 3 aromatic carbocycles. The molecule has 0 aliphatic carbocycles. The fourth-order valence-corrected chi connectivity index (χ4v) is 5.72. The molecule has 0 bridgehead atoms. The Bertz CT molecular complexity index is 1410. The lowest BCUT2D eigenvalue weighted by Gasteiger charge is -2.27. The van der Waals surface area contributed by atoms with Gasteiger partial charge < -0.3 is 14.7 Å². The average molecular weight is 512 g/mol. The maximum atomic E-state index is 13.7. The lowest BCUT2D eigenvalue weighted by molar-refractivity contribution is -0.130. The molecule has 0 unspecified atom stereocenters. The Morgan fingerprint density at radius 2 is 1.60 bits per heavy atom. The number of methoxy groups -OCH3 is 1. The van der Waals surface area contributed by atoms with E-state index >= 15 is 0 Å². The van der Waals surface area contributed by atoms with Gasteiger partial charge in [-0.25, -0.2) is 13.2 Å². The van der Waals surface area contributed by atoms with Gasteiger partial charge in [0.2, 0.25) is 9.84 Å². The molecule has 7 nitrogen and oxygen atoms in total. The Balaban J connectivity index is 1.84. The molecule has 180 valence electrons. The van der Waals surface area contributed by atoms with Crippen molar-refractivity contribution < 1.29 is 27.9 Å². The van der Waals surface area contributed by atoms with Crippen molar-refractivity contribution in [1.29, 1.82) is 0 Å². The van der Waals surface area contributed by atoms with E-state index in [1.54, 1.807) is 48.5 Å². The van der Waals surface area contributed by atoms with Crippen molar-refractivity contribution in [3.8, 4) is 0 Å². The molecule has 4 rings (SSSR count). The van der Waals surface area contributed by atoms with E-state index in [1.165, 1.54) is 36.3 Å². The molecule has 0 aromatic heterocycles. The van der Waals surface area contributed by atoms with Gasteiger partial charge in [0.1, 0.15) is 4.91 Å². The van der Waals surface area contributed by atoms with Gasteiger partial charge in [0, 0.05) is 11.6 Å². The number of hydrogen-bond donors (Lipinski definition) is 1. The molecule has 1 amide bonds. The summed E-state index contributed by atoms with van der Waals surface area (Å²) in [6.45, 7) is 1.85. The fraction of sp³-hybridized carbons (Fsp3) is 0.154. The molecule has 0 fully saturated rings. The maximum Gasteiger partial charge on any atom is 0.337 e. The highest BCUT2D eigenvalue weighted by atomic mass is 35.5. The number of benzene rings is 3. The normalized spacial score (nSPS) is 16.0. The van der Waals surface area contributed by atoms with Gasteiger partial charge in [0.05, 0.1) is 23.6 Å². The van der Waals surface area contributed by atoms with Crippen molar-refractivity contribution in [1.82, 2.24) is 4.90 Å². The maximum absolute atomic E-state index is 13.7. The van der Waals surface area contributed by atoms with Gasteiger partial charge in [-0.15, -0.1) is 0 Å². The van der Waals surface area contributed by atoms with Gasteiger partial charge in [-0.05, 0) is 54.4 Å². The highest BCUT2D eigenvalue weighted by Crippen LogP contribution is 2.43. The molecule has 1 atom stereocenters. The minimum atomic E-state index is -4.24. The summed E-state index contributed by atoms with van der Waals surface area (Å²) < 4.78 is 32.1. The monoisotopic (exact) mass is 511 g/mol. The smallest absolute Gasteiger partial charge is 0.337 e. The zero-order valence-electron chi connectivity index (χ0n) is 18.9. The highest BCUT2D eigenvalue weighted by Gasteiger charge is 2.46. The number of ether oxygens (including phenoxy) is 1. The molecular weight excluding hydrogens is 490 g/mol. The molecule has 35 heavy (non-hydrogen) atoms. The minimum absolute atomic E-state index is 0.0242. The number of carbonyl (C=O) groups excluding carboxylic acids is 2. The number of hydrogen-bond acceptors (Lipinski definition) is 6. The van der Waals surface area contributed by atoms with Gasteiger partial charge in [-0.2, -0.15) is 0 Å². The molecule has 0 saturated heterocycles. The van der Waals surface area contributed by atoms with Gasteiger partial charge >= 0.3 is 5.97 Å². The van der Waals surface area contributed by atoms with Crippen molar-refractivity contribution in [2.75, 3.05) is 7.11 Å². The Kier molecular flexibility index (Phi) is 6.69. The summed E-state index contributed by atoms with van der Waals surface area (Å²) in [4.78, 5) is 25.9. The number of aryl methyl sites for hydroxylation is 1. The number of aliphatic hydroxyl groups is 1. The van der Waals surface area contributed by atoms with Crippen LogP contribution in [-0.4, -0.2) is 37.4 Å². The van der Waals surface area contributed by atoms with Crippen LogP contribution in [-0.2, 0) is 25.9 Å². The minimum Gasteiger partial charge on any atom is -0.502 e. The molecule has 0 radical (unpaired) electrons. The van der Waals surface area contributed by atoms with Crippen LogP contribution >= 0.6 is 11.6 Å². The largest absolute Gasteiger partial charge is 0.502 e. The number of sulfone groups is 1. The Labute approximate surface area is 208 Å². The Hall–Kier alpha value is -3.62. The zero-order chi connectivity index (χ0) is 25.3. The topological polar surface area (TPSA) is 101 Å². The number of aliphatic hydroxyl groups excluding tert-OH is 1. The molecule has 1 aliphatic rings. The standard InChI is InChI=1S/C26H22ClNO6S/c1-16-3-13-21(14-4-16)35(32,33)24-22(18-7-9-19(10-8-18)26(31)34-2)28(25(30)23(24)29)15-17-5-11-20(27)12-6-17/h3-14,22,29H,15H2,1-2H3/t22-/m0/s1. The van der Waals surface area contributed by atoms with Crippen LogP contribution in [0.1, 0.15) is 33.1 Å². The third kappa shape index (κ3) is 4.67. The van der Waals surface area contributed by atoms with Crippen molar-refractivity contribution in [3.63, 3.8) is 0 Å². The van der Waals surface area contributed by atoms with Crippen LogP contribution in [0.2, 0.25) is 5.02 Å². The van der Waals surface area contributed by atoms with E-state index in [4.69, 9.17) is 16.3 Å². The number of nitrogens with zero attached hydrogens (tertiary/aromatic N) is 1. The van der Waals surface area contributed by atoms with Crippen LogP contribution in [0.4, 0.5) is 0 Å². The molecule has 1 heterocycles. The first-order chi connectivity index (χ1) is 16.6. The van der Waals surface area contributed by atoms with Crippen LogP contribution in [0.25, 0.3) is 0 Å². The highest BCUT2D eigenvalue weighted by molar-refractivity contribution is 7.95. The number of rotatable bonds is 6. The van der Waals surface area contributed by atoms with E-state index in [0.717, 1.165) is 5.56 Å². The van der Waals surface area contributed by atoms with E-state index in [-0.39, 0.29) is 17.0 Å². The first-order valence-corrected chi connectivity index (χ1v) is 12.5. The summed E-state index contributed by atoms with van der Waals surface area (Å²) in [5, 5.41) is 11.3. The van der Waals surface area contributed by atoms with E-state index in [0.29, 0.717) is 16.1 Å². The zero-order valence-corrected chi connectivity index (χ0v) is 20.5. The molecule has 1 aliphatic heterocycles. The van der Waals surface area contributed by atoms with E-state index < -0.39 is 38.4 Å². The summed E-state index contributed by atoms with van der Waals surface area (Å²) in [5.74, 6) is -2.20. The van der Waals surface area contributed by atoms with Crippen LogP contribution in [0, 0.1) is 6.92 Å². The van der Waals surface area contributed by atoms with Crippen molar-refractivity contribution in [3.05, 3.63) is 111 Å². The number of amides is 1. The first kappa shape index (κ1) is 24.5. The van der Waals surface area contributed by atoms with E-state index in [2.05, 4.69) is 0 Å². The van der Waals surface area contributed by atoms with Gasteiger partial charge in [0.15, 0.2) is 5.76 Å². The van der Waals surface area contributed by atoms with Crippen molar-refractivity contribution >= 4 is 33.3 Å². The van der Waals surface area contributed by atoms with Crippen LogP contribution in [0.15, 0.2) is 88.4 Å². The SMILES string of the molecule is COC(=O)c1ccc([C@H]2C(S(=O)(=O)c3ccc(C)cc3)=C(O)C(=O)N2Cc2ccc(Cl)cc2)cc1.